The molecule has 1 fully saturated rings. The van der Waals surface area contributed by atoms with Crippen LogP contribution in [0.3, 0.4) is 0 Å². The second kappa shape index (κ2) is 7.92. The summed E-state index contributed by atoms with van der Waals surface area (Å²) in [5, 5.41) is 0. The Balaban J connectivity index is 1.73. The number of piperazine rings is 1. The summed E-state index contributed by atoms with van der Waals surface area (Å²) >= 11 is 0. The van der Waals surface area contributed by atoms with Gasteiger partial charge >= 0.3 is 6.18 Å². The quantitative estimate of drug-likeness (QED) is 0.816. The van der Waals surface area contributed by atoms with Gasteiger partial charge in [0.05, 0.1) is 10.8 Å². The van der Waals surface area contributed by atoms with Crippen molar-refractivity contribution in [3.8, 4) is 0 Å². The van der Waals surface area contributed by atoms with Gasteiger partial charge in [-0.3, -0.25) is 13.9 Å². The molecule has 1 amide bonds. The van der Waals surface area contributed by atoms with E-state index in [0.717, 1.165) is 4.90 Å². The fourth-order valence-electron chi connectivity index (χ4n) is 2.41. The Morgan fingerprint density at radius 1 is 1.09 bits per heavy atom. The lowest BCUT2D eigenvalue weighted by Crippen LogP contribution is -2.50. The number of hydrogen-bond donors (Lipinski definition) is 0. The highest BCUT2D eigenvalue weighted by Crippen LogP contribution is 2.21. The zero-order valence-electron chi connectivity index (χ0n) is 12.6. The first kappa shape index (κ1) is 17.9. The standard InChI is InChI=1S/C15H19F3N2O2S/c16-15(17,18)12-14(21)20-8-6-19(7-9-20)10-11-23(22)13-4-2-1-3-5-13/h1-5H,6-12H2/t23-/m0/s1. The molecule has 128 valence electrons. The van der Waals surface area contributed by atoms with Crippen molar-refractivity contribution >= 4 is 16.7 Å². The smallest absolute Gasteiger partial charge is 0.340 e. The molecule has 0 spiro atoms. The highest BCUT2D eigenvalue weighted by atomic mass is 32.2. The molecular formula is C15H19F3N2O2S. The van der Waals surface area contributed by atoms with Crippen molar-refractivity contribution in [3.05, 3.63) is 30.3 Å². The van der Waals surface area contributed by atoms with Gasteiger partial charge in [0.2, 0.25) is 5.91 Å². The van der Waals surface area contributed by atoms with Crippen LogP contribution in [0.25, 0.3) is 0 Å². The topological polar surface area (TPSA) is 40.6 Å². The fourth-order valence-corrected chi connectivity index (χ4v) is 3.53. The highest BCUT2D eigenvalue weighted by Gasteiger charge is 2.34. The van der Waals surface area contributed by atoms with Crippen molar-refractivity contribution in [2.24, 2.45) is 0 Å². The molecule has 1 aliphatic rings. The molecule has 0 bridgehead atoms. The van der Waals surface area contributed by atoms with Crippen LogP contribution in [0.15, 0.2) is 35.2 Å². The number of carbonyl (C=O) groups excluding carboxylic acids is 1. The lowest BCUT2D eigenvalue weighted by molar-refractivity contribution is -0.162. The Bertz CT molecular complexity index is 543. The minimum atomic E-state index is -4.46. The Morgan fingerprint density at radius 2 is 1.70 bits per heavy atom. The van der Waals surface area contributed by atoms with Crippen LogP contribution in [0, 0.1) is 0 Å². The van der Waals surface area contributed by atoms with Gasteiger partial charge in [-0.15, -0.1) is 0 Å². The number of halogens is 3. The molecule has 2 rings (SSSR count). The normalized spacial score (nSPS) is 18.0. The molecule has 0 aromatic heterocycles. The van der Waals surface area contributed by atoms with E-state index in [0.29, 0.717) is 25.4 Å². The van der Waals surface area contributed by atoms with Crippen molar-refractivity contribution < 1.29 is 22.2 Å². The van der Waals surface area contributed by atoms with Gasteiger partial charge in [-0.2, -0.15) is 13.2 Å². The maximum atomic E-state index is 12.2. The monoisotopic (exact) mass is 348 g/mol. The summed E-state index contributed by atoms with van der Waals surface area (Å²) in [7, 11) is -1.09. The van der Waals surface area contributed by atoms with E-state index in [1.54, 1.807) is 0 Å². The van der Waals surface area contributed by atoms with Gasteiger partial charge in [-0.05, 0) is 12.1 Å². The number of carbonyl (C=O) groups is 1. The van der Waals surface area contributed by atoms with Crippen LogP contribution in [0.4, 0.5) is 13.2 Å². The van der Waals surface area contributed by atoms with Gasteiger partial charge in [0.1, 0.15) is 6.42 Å². The van der Waals surface area contributed by atoms with Crippen LogP contribution in [-0.4, -0.2) is 64.6 Å². The number of hydrogen-bond acceptors (Lipinski definition) is 3. The van der Waals surface area contributed by atoms with E-state index in [9.17, 15) is 22.2 Å². The Hall–Kier alpha value is -1.41. The average molecular weight is 348 g/mol. The van der Waals surface area contributed by atoms with E-state index < -0.39 is 29.3 Å². The first-order chi connectivity index (χ1) is 10.8. The van der Waals surface area contributed by atoms with Crippen molar-refractivity contribution in [1.82, 2.24) is 9.80 Å². The fraction of sp³-hybridized carbons (Fsp3) is 0.533. The predicted molar refractivity (Wildman–Crippen MR) is 81.4 cm³/mol. The van der Waals surface area contributed by atoms with Gasteiger partial charge in [0.25, 0.3) is 0 Å². The molecule has 0 radical (unpaired) electrons. The predicted octanol–water partition coefficient (Wildman–Crippen LogP) is 1.89. The molecule has 1 aromatic carbocycles. The van der Waals surface area contributed by atoms with Gasteiger partial charge in [0, 0.05) is 43.4 Å². The van der Waals surface area contributed by atoms with Crippen LogP contribution >= 0.6 is 0 Å². The van der Waals surface area contributed by atoms with Crippen LogP contribution in [0.5, 0.6) is 0 Å². The second-order valence-corrected chi connectivity index (χ2v) is 6.95. The van der Waals surface area contributed by atoms with E-state index in [-0.39, 0.29) is 13.1 Å². The molecule has 23 heavy (non-hydrogen) atoms. The molecule has 0 saturated carbocycles. The van der Waals surface area contributed by atoms with Crippen LogP contribution in [-0.2, 0) is 15.6 Å². The maximum absolute atomic E-state index is 12.2. The minimum absolute atomic E-state index is 0.285. The van der Waals surface area contributed by atoms with Gasteiger partial charge in [0.15, 0.2) is 0 Å². The van der Waals surface area contributed by atoms with Crippen LogP contribution < -0.4 is 0 Å². The Kier molecular flexibility index (Phi) is 6.17. The van der Waals surface area contributed by atoms with Crippen molar-refractivity contribution in [2.75, 3.05) is 38.5 Å². The molecule has 1 atom stereocenters. The summed E-state index contributed by atoms with van der Waals surface area (Å²) in [6.07, 6.45) is -5.86. The van der Waals surface area contributed by atoms with Crippen LogP contribution in [0.1, 0.15) is 6.42 Å². The number of rotatable bonds is 5. The number of benzene rings is 1. The first-order valence-corrected chi connectivity index (χ1v) is 8.67. The summed E-state index contributed by atoms with van der Waals surface area (Å²) in [5.74, 6) is -0.398. The molecule has 1 heterocycles. The molecule has 1 saturated heterocycles. The Morgan fingerprint density at radius 3 is 2.26 bits per heavy atom. The van der Waals surface area contributed by atoms with Crippen molar-refractivity contribution in [3.63, 3.8) is 0 Å². The molecule has 0 N–H and O–H groups in total. The summed E-state index contributed by atoms with van der Waals surface area (Å²) in [6.45, 7) is 2.19. The molecule has 1 aromatic rings. The molecule has 4 nitrogen and oxygen atoms in total. The van der Waals surface area contributed by atoms with Crippen molar-refractivity contribution in [2.45, 2.75) is 17.5 Å². The second-order valence-electron chi connectivity index (χ2n) is 5.38. The van der Waals surface area contributed by atoms with Crippen LogP contribution in [0.2, 0.25) is 0 Å². The summed E-state index contributed by atoms with van der Waals surface area (Å²) in [4.78, 5) is 15.6. The zero-order valence-corrected chi connectivity index (χ0v) is 13.4. The van der Waals surface area contributed by atoms with Gasteiger partial charge < -0.3 is 4.90 Å². The van der Waals surface area contributed by atoms with Gasteiger partial charge in [-0.25, -0.2) is 0 Å². The van der Waals surface area contributed by atoms with E-state index in [2.05, 4.69) is 0 Å². The molecule has 0 aliphatic carbocycles. The van der Waals surface area contributed by atoms with Gasteiger partial charge in [-0.1, -0.05) is 18.2 Å². The Labute approximate surface area is 135 Å². The molecule has 8 heteroatoms. The number of amides is 1. The van der Waals surface area contributed by atoms with Crippen molar-refractivity contribution in [1.29, 1.82) is 0 Å². The lowest BCUT2D eigenvalue weighted by atomic mass is 10.2. The largest absolute Gasteiger partial charge is 0.397 e. The number of nitrogens with zero attached hydrogens (tertiary/aromatic N) is 2. The third-order valence-electron chi connectivity index (χ3n) is 3.68. The lowest BCUT2D eigenvalue weighted by Gasteiger charge is -2.34. The van der Waals surface area contributed by atoms with E-state index >= 15 is 0 Å². The molecule has 1 aliphatic heterocycles. The van der Waals surface area contributed by atoms with E-state index in [1.807, 2.05) is 35.2 Å². The highest BCUT2D eigenvalue weighted by molar-refractivity contribution is 7.85. The summed E-state index contributed by atoms with van der Waals surface area (Å²) in [5.41, 5.74) is 0. The summed E-state index contributed by atoms with van der Waals surface area (Å²) < 4.78 is 48.8. The third-order valence-corrected chi connectivity index (χ3v) is 5.03. The molecule has 0 unspecified atom stereocenters. The zero-order chi connectivity index (χ0) is 16.9. The SMILES string of the molecule is O=C(CC(F)(F)F)N1CCN(CC[S@](=O)c2ccccc2)CC1. The molecular weight excluding hydrogens is 329 g/mol. The maximum Gasteiger partial charge on any atom is 0.397 e. The summed E-state index contributed by atoms with van der Waals surface area (Å²) in [6, 6.07) is 9.14. The van der Waals surface area contributed by atoms with E-state index in [1.165, 1.54) is 4.90 Å². The first-order valence-electron chi connectivity index (χ1n) is 7.35. The van der Waals surface area contributed by atoms with E-state index in [4.69, 9.17) is 0 Å². The number of alkyl halides is 3. The third kappa shape index (κ3) is 5.95. The average Bonchev–Trinajstić information content (AvgIpc) is 2.52. The minimum Gasteiger partial charge on any atom is -0.340 e.